The summed E-state index contributed by atoms with van der Waals surface area (Å²) in [4.78, 5) is 27.5. The minimum Gasteiger partial charge on any atom is -0.350 e. The number of nitrogens with zero attached hydrogens (tertiary/aromatic N) is 1. The molecule has 4 nitrogen and oxygen atoms in total. The van der Waals surface area contributed by atoms with Gasteiger partial charge < -0.3 is 5.32 Å². The Morgan fingerprint density at radius 3 is 2.32 bits per heavy atom. The molecular weight excluding hydrogens is 398 g/mol. The summed E-state index contributed by atoms with van der Waals surface area (Å²) in [6.07, 6.45) is 0. The van der Waals surface area contributed by atoms with Gasteiger partial charge in [-0.3, -0.25) is 14.5 Å². The van der Waals surface area contributed by atoms with Crippen LogP contribution >= 0.6 is 0 Å². The van der Waals surface area contributed by atoms with Crippen molar-refractivity contribution in [3.8, 4) is 0 Å². The quantitative estimate of drug-likeness (QED) is 0.595. The fraction of sp³-hybridized carbons (Fsp3) is 0.120. The lowest BCUT2D eigenvalue weighted by atomic mass is 9.99. The molecule has 1 aliphatic rings. The first-order valence-corrected chi connectivity index (χ1v) is 9.79. The highest BCUT2D eigenvalue weighted by atomic mass is 19.1. The molecule has 1 aliphatic heterocycles. The average Bonchev–Trinajstić information content (AvgIpc) is 2.96. The highest BCUT2D eigenvalue weighted by Crippen LogP contribution is 2.32. The molecule has 0 fully saturated rings. The predicted octanol–water partition coefficient (Wildman–Crippen LogP) is 4.97. The number of rotatable bonds is 5. The Balaban J connectivity index is 1.78. The minimum atomic E-state index is -0.592. The summed E-state index contributed by atoms with van der Waals surface area (Å²) in [6.45, 7) is 3.66. The number of hydrogen-bond acceptors (Lipinski definition) is 3. The standard InChI is InChI=1S/C25H20F2N2O2/c1-15-10-11-17(12-16(15)2)22-23(28-20-8-5-7-19(26)13-20)25(31)29(24(22)30)14-18-6-3-4-9-21(18)27/h3-13,28H,14H2,1-2H3. The maximum Gasteiger partial charge on any atom is 0.278 e. The molecule has 3 aromatic rings. The van der Waals surface area contributed by atoms with E-state index in [0.29, 0.717) is 11.3 Å². The summed E-state index contributed by atoms with van der Waals surface area (Å²) in [7, 11) is 0. The molecule has 0 saturated carbocycles. The SMILES string of the molecule is Cc1ccc(C2=C(Nc3cccc(F)c3)C(=O)N(Cc3ccccc3F)C2=O)cc1C. The van der Waals surface area contributed by atoms with Crippen molar-refractivity contribution in [2.75, 3.05) is 5.32 Å². The average molecular weight is 418 g/mol. The molecule has 0 saturated heterocycles. The third-order valence-corrected chi connectivity index (χ3v) is 5.34. The summed E-state index contributed by atoms with van der Waals surface area (Å²) < 4.78 is 27.9. The molecule has 0 aromatic heterocycles. The highest BCUT2D eigenvalue weighted by Gasteiger charge is 2.39. The van der Waals surface area contributed by atoms with E-state index in [-0.39, 0.29) is 23.4 Å². The molecule has 2 amide bonds. The van der Waals surface area contributed by atoms with Crippen LogP contribution in [0.25, 0.3) is 5.57 Å². The second-order valence-corrected chi connectivity index (χ2v) is 7.47. The summed E-state index contributed by atoms with van der Waals surface area (Å²) in [5, 5.41) is 2.91. The summed E-state index contributed by atoms with van der Waals surface area (Å²) in [5.74, 6) is -2.10. The lowest BCUT2D eigenvalue weighted by Crippen LogP contribution is -2.32. The van der Waals surface area contributed by atoms with Crippen molar-refractivity contribution in [2.45, 2.75) is 20.4 Å². The third kappa shape index (κ3) is 3.97. The monoisotopic (exact) mass is 418 g/mol. The normalized spacial score (nSPS) is 13.9. The van der Waals surface area contributed by atoms with Crippen LogP contribution in [0.2, 0.25) is 0 Å². The first kappa shape index (κ1) is 20.5. The predicted molar refractivity (Wildman–Crippen MR) is 115 cm³/mol. The molecule has 0 unspecified atom stereocenters. The van der Waals surface area contributed by atoms with Crippen LogP contribution in [0, 0.1) is 25.5 Å². The highest BCUT2D eigenvalue weighted by molar-refractivity contribution is 6.36. The van der Waals surface area contributed by atoms with E-state index in [1.807, 2.05) is 26.0 Å². The van der Waals surface area contributed by atoms with E-state index in [1.165, 1.54) is 30.3 Å². The van der Waals surface area contributed by atoms with Gasteiger partial charge in [-0.2, -0.15) is 0 Å². The van der Waals surface area contributed by atoms with Gasteiger partial charge in [0, 0.05) is 11.3 Å². The molecule has 6 heteroatoms. The molecule has 0 aliphatic carbocycles. The molecule has 0 bridgehead atoms. The summed E-state index contributed by atoms with van der Waals surface area (Å²) >= 11 is 0. The Hall–Kier alpha value is -3.80. The zero-order valence-corrected chi connectivity index (χ0v) is 17.1. The topological polar surface area (TPSA) is 49.4 Å². The lowest BCUT2D eigenvalue weighted by Gasteiger charge is -2.16. The molecule has 31 heavy (non-hydrogen) atoms. The number of anilines is 1. The second kappa shape index (κ2) is 8.14. The Bertz CT molecular complexity index is 1230. The molecule has 4 rings (SSSR count). The van der Waals surface area contributed by atoms with Crippen molar-refractivity contribution in [3.05, 3.63) is 106 Å². The van der Waals surface area contributed by atoms with E-state index in [4.69, 9.17) is 0 Å². The van der Waals surface area contributed by atoms with E-state index in [9.17, 15) is 18.4 Å². The van der Waals surface area contributed by atoms with Gasteiger partial charge in [-0.1, -0.05) is 42.5 Å². The van der Waals surface area contributed by atoms with Crippen LogP contribution in [0.15, 0.2) is 72.4 Å². The number of carbonyl (C=O) groups is 2. The maximum absolute atomic E-state index is 14.2. The van der Waals surface area contributed by atoms with Crippen molar-refractivity contribution in [1.82, 2.24) is 4.90 Å². The first-order valence-electron chi connectivity index (χ1n) is 9.79. The van der Waals surface area contributed by atoms with Crippen LogP contribution in [-0.2, 0) is 16.1 Å². The molecule has 0 spiro atoms. The number of carbonyl (C=O) groups excluding carboxylic acids is 2. The van der Waals surface area contributed by atoms with Crippen LogP contribution in [0.4, 0.5) is 14.5 Å². The Kier molecular flexibility index (Phi) is 5.38. The van der Waals surface area contributed by atoms with Gasteiger partial charge in [-0.15, -0.1) is 0 Å². The van der Waals surface area contributed by atoms with Gasteiger partial charge in [0.2, 0.25) is 0 Å². The van der Waals surface area contributed by atoms with Crippen molar-refractivity contribution in [3.63, 3.8) is 0 Å². The van der Waals surface area contributed by atoms with Crippen molar-refractivity contribution < 1.29 is 18.4 Å². The van der Waals surface area contributed by atoms with Crippen LogP contribution < -0.4 is 5.32 Å². The maximum atomic E-state index is 14.2. The van der Waals surface area contributed by atoms with E-state index in [0.717, 1.165) is 16.0 Å². The summed E-state index contributed by atoms with van der Waals surface area (Å²) in [5.41, 5.74) is 3.35. The molecule has 156 valence electrons. The number of halogens is 2. The second-order valence-electron chi connectivity index (χ2n) is 7.47. The van der Waals surface area contributed by atoms with Gasteiger partial charge >= 0.3 is 0 Å². The third-order valence-electron chi connectivity index (χ3n) is 5.34. The van der Waals surface area contributed by atoms with E-state index in [2.05, 4.69) is 5.32 Å². The fourth-order valence-corrected chi connectivity index (χ4v) is 3.51. The largest absolute Gasteiger partial charge is 0.350 e. The van der Waals surface area contributed by atoms with E-state index >= 15 is 0 Å². The number of benzene rings is 3. The van der Waals surface area contributed by atoms with Crippen molar-refractivity contribution in [2.24, 2.45) is 0 Å². The number of amides is 2. The zero-order valence-electron chi connectivity index (χ0n) is 17.1. The molecule has 3 aromatic carbocycles. The van der Waals surface area contributed by atoms with Crippen molar-refractivity contribution in [1.29, 1.82) is 0 Å². The van der Waals surface area contributed by atoms with Gasteiger partial charge in [0.25, 0.3) is 11.8 Å². The summed E-state index contributed by atoms with van der Waals surface area (Å²) in [6, 6.07) is 17.1. The Morgan fingerprint density at radius 1 is 0.839 bits per heavy atom. The molecule has 0 radical (unpaired) electrons. The molecular formula is C25H20F2N2O2. The van der Waals surface area contributed by atoms with Crippen molar-refractivity contribution >= 4 is 23.1 Å². The fourth-order valence-electron chi connectivity index (χ4n) is 3.51. The Morgan fingerprint density at radius 2 is 1.61 bits per heavy atom. The van der Waals surface area contributed by atoms with Gasteiger partial charge in [0.1, 0.15) is 17.3 Å². The molecule has 1 heterocycles. The smallest absolute Gasteiger partial charge is 0.278 e. The van der Waals surface area contributed by atoms with E-state index < -0.39 is 23.4 Å². The number of imide groups is 1. The van der Waals surface area contributed by atoms with Crippen LogP contribution in [-0.4, -0.2) is 16.7 Å². The first-order chi connectivity index (χ1) is 14.8. The lowest BCUT2D eigenvalue weighted by molar-refractivity contribution is -0.137. The van der Waals surface area contributed by atoms with Gasteiger partial charge in [-0.05, 0) is 54.8 Å². The number of nitrogens with one attached hydrogen (secondary N) is 1. The van der Waals surface area contributed by atoms with Gasteiger partial charge in [0.15, 0.2) is 0 Å². The van der Waals surface area contributed by atoms with Crippen LogP contribution in [0.1, 0.15) is 22.3 Å². The molecule has 1 N–H and O–H groups in total. The van der Waals surface area contributed by atoms with Gasteiger partial charge in [-0.25, -0.2) is 8.78 Å². The number of hydrogen-bond donors (Lipinski definition) is 1. The van der Waals surface area contributed by atoms with Gasteiger partial charge in [0.05, 0.1) is 12.1 Å². The minimum absolute atomic E-state index is 0.0372. The van der Waals surface area contributed by atoms with Crippen LogP contribution in [0.3, 0.4) is 0 Å². The Labute approximate surface area is 178 Å². The van der Waals surface area contributed by atoms with E-state index in [1.54, 1.807) is 24.3 Å². The number of aryl methyl sites for hydroxylation is 2. The zero-order chi connectivity index (χ0) is 22.1. The molecule has 0 atom stereocenters. The van der Waals surface area contributed by atoms with Crippen LogP contribution in [0.5, 0.6) is 0 Å².